The molecule has 1 aromatic rings. The van der Waals surface area contributed by atoms with Crippen molar-refractivity contribution in [3.63, 3.8) is 0 Å². The molecule has 1 aliphatic heterocycles. The molecule has 0 aromatic heterocycles. The number of phenolic OH excluding ortho intramolecular Hbond substituents is 1. The van der Waals surface area contributed by atoms with Crippen LogP contribution in [0.1, 0.15) is 24.3 Å². The van der Waals surface area contributed by atoms with E-state index in [1.807, 2.05) is 12.1 Å². The lowest BCUT2D eigenvalue weighted by molar-refractivity contribution is 0.0847. The molecular formula is C12H16O3. The van der Waals surface area contributed by atoms with Crippen LogP contribution in [0, 0.1) is 0 Å². The Bertz CT molecular complexity index is 330. The molecule has 1 saturated heterocycles. The van der Waals surface area contributed by atoms with Gasteiger partial charge in [0, 0.05) is 18.8 Å². The number of aromatic hydroxyl groups is 1. The Morgan fingerprint density at radius 3 is 2.73 bits per heavy atom. The van der Waals surface area contributed by atoms with E-state index in [0.29, 0.717) is 11.7 Å². The van der Waals surface area contributed by atoms with Gasteiger partial charge in [0.25, 0.3) is 0 Å². The van der Waals surface area contributed by atoms with Gasteiger partial charge < -0.3 is 14.6 Å². The van der Waals surface area contributed by atoms with E-state index in [0.717, 1.165) is 31.6 Å². The van der Waals surface area contributed by atoms with E-state index >= 15 is 0 Å². The fourth-order valence-electron chi connectivity index (χ4n) is 2.04. The summed E-state index contributed by atoms with van der Waals surface area (Å²) in [7, 11) is 1.57. The zero-order valence-corrected chi connectivity index (χ0v) is 8.90. The molecule has 0 bridgehead atoms. The van der Waals surface area contributed by atoms with Crippen molar-refractivity contribution < 1.29 is 14.6 Å². The number of para-hydroxylation sites is 1. The van der Waals surface area contributed by atoms with Crippen LogP contribution in [0.15, 0.2) is 18.2 Å². The van der Waals surface area contributed by atoms with Crippen molar-refractivity contribution in [1.82, 2.24) is 0 Å². The minimum Gasteiger partial charge on any atom is -0.504 e. The van der Waals surface area contributed by atoms with E-state index in [-0.39, 0.29) is 5.75 Å². The van der Waals surface area contributed by atoms with E-state index in [1.165, 1.54) is 0 Å². The molecule has 0 aliphatic carbocycles. The van der Waals surface area contributed by atoms with E-state index in [4.69, 9.17) is 9.47 Å². The van der Waals surface area contributed by atoms with Gasteiger partial charge in [-0.05, 0) is 24.8 Å². The second-order valence-corrected chi connectivity index (χ2v) is 3.78. The van der Waals surface area contributed by atoms with Gasteiger partial charge in [0.05, 0.1) is 7.11 Å². The number of phenols is 1. The third kappa shape index (κ3) is 2.07. The first-order valence-electron chi connectivity index (χ1n) is 5.26. The van der Waals surface area contributed by atoms with Crippen LogP contribution in [-0.2, 0) is 4.74 Å². The number of methoxy groups -OCH3 is 1. The monoisotopic (exact) mass is 208 g/mol. The molecule has 82 valence electrons. The quantitative estimate of drug-likeness (QED) is 0.810. The summed E-state index contributed by atoms with van der Waals surface area (Å²) in [5.74, 6) is 1.24. The van der Waals surface area contributed by atoms with E-state index in [9.17, 15) is 5.11 Å². The van der Waals surface area contributed by atoms with Gasteiger partial charge in [0.2, 0.25) is 0 Å². The number of rotatable bonds is 2. The normalized spacial score (nSPS) is 17.7. The van der Waals surface area contributed by atoms with Crippen molar-refractivity contribution in [3.05, 3.63) is 23.8 Å². The Morgan fingerprint density at radius 2 is 2.07 bits per heavy atom. The summed E-state index contributed by atoms with van der Waals surface area (Å²) >= 11 is 0. The first-order chi connectivity index (χ1) is 7.33. The highest BCUT2D eigenvalue weighted by Crippen LogP contribution is 2.38. The number of hydrogen-bond donors (Lipinski definition) is 1. The van der Waals surface area contributed by atoms with Crippen molar-refractivity contribution in [2.24, 2.45) is 0 Å². The summed E-state index contributed by atoms with van der Waals surface area (Å²) < 4.78 is 10.4. The van der Waals surface area contributed by atoms with Crippen molar-refractivity contribution >= 4 is 0 Å². The van der Waals surface area contributed by atoms with Crippen LogP contribution in [0.4, 0.5) is 0 Å². The zero-order valence-electron chi connectivity index (χ0n) is 8.90. The maximum atomic E-state index is 9.98. The Morgan fingerprint density at radius 1 is 1.33 bits per heavy atom. The first-order valence-corrected chi connectivity index (χ1v) is 5.26. The minimum absolute atomic E-state index is 0.284. The zero-order chi connectivity index (χ0) is 10.7. The summed E-state index contributed by atoms with van der Waals surface area (Å²) in [6, 6.07) is 5.66. The van der Waals surface area contributed by atoms with Gasteiger partial charge in [-0.3, -0.25) is 0 Å². The molecule has 2 rings (SSSR count). The van der Waals surface area contributed by atoms with Gasteiger partial charge in [-0.15, -0.1) is 0 Å². The lowest BCUT2D eigenvalue weighted by atomic mass is 9.91. The highest BCUT2D eigenvalue weighted by molar-refractivity contribution is 5.47. The summed E-state index contributed by atoms with van der Waals surface area (Å²) in [4.78, 5) is 0. The maximum absolute atomic E-state index is 9.98. The van der Waals surface area contributed by atoms with Crippen LogP contribution in [0.3, 0.4) is 0 Å². The van der Waals surface area contributed by atoms with Gasteiger partial charge in [0.1, 0.15) is 0 Å². The molecule has 0 unspecified atom stereocenters. The molecule has 0 radical (unpaired) electrons. The van der Waals surface area contributed by atoms with Crippen LogP contribution < -0.4 is 4.74 Å². The molecule has 1 heterocycles. The molecule has 3 nitrogen and oxygen atoms in total. The number of hydrogen-bond acceptors (Lipinski definition) is 3. The predicted octanol–water partition coefficient (Wildman–Crippen LogP) is 2.29. The number of ether oxygens (including phenoxy) is 2. The molecule has 0 spiro atoms. The molecule has 1 aromatic carbocycles. The van der Waals surface area contributed by atoms with Crippen molar-refractivity contribution in [2.45, 2.75) is 18.8 Å². The molecule has 0 amide bonds. The Hall–Kier alpha value is -1.22. The SMILES string of the molecule is COc1cccc(C2CCOCC2)c1O. The standard InChI is InChI=1S/C12H16O3/c1-14-11-4-2-3-10(12(11)13)9-5-7-15-8-6-9/h2-4,9,13H,5-8H2,1H3. The molecule has 0 atom stereocenters. The van der Waals surface area contributed by atoms with Crippen LogP contribution in [-0.4, -0.2) is 25.4 Å². The summed E-state index contributed by atoms with van der Waals surface area (Å²) in [5, 5.41) is 9.98. The van der Waals surface area contributed by atoms with Crippen molar-refractivity contribution in [2.75, 3.05) is 20.3 Å². The van der Waals surface area contributed by atoms with Gasteiger partial charge in [0.15, 0.2) is 11.5 Å². The molecule has 1 aliphatic rings. The fraction of sp³-hybridized carbons (Fsp3) is 0.500. The Kier molecular flexibility index (Phi) is 3.11. The first kappa shape index (κ1) is 10.3. The van der Waals surface area contributed by atoms with Crippen LogP contribution in [0.5, 0.6) is 11.5 Å². The van der Waals surface area contributed by atoms with E-state index in [2.05, 4.69) is 0 Å². The number of benzene rings is 1. The molecule has 3 heteroatoms. The summed E-state index contributed by atoms with van der Waals surface area (Å²) in [6.45, 7) is 1.56. The molecule has 1 N–H and O–H groups in total. The highest BCUT2D eigenvalue weighted by atomic mass is 16.5. The molecule has 1 fully saturated rings. The molecular weight excluding hydrogens is 192 g/mol. The third-order valence-corrected chi connectivity index (χ3v) is 2.91. The van der Waals surface area contributed by atoms with E-state index < -0.39 is 0 Å². The minimum atomic E-state index is 0.284. The van der Waals surface area contributed by atoms with Crippen LogP contribution in [0.25, 0.3) is 0 Å². The van der Waals surface area contributed by atoms with E-state index in [1.54, 1.807) is 13.2 Å². The fourth-order valence-corrected chi connectivity index (χ4v) is 2.04. The Balaban J connectivity index is 2.26. The predicted molar refractivity (Wildman–Crippen MR) is 57.5 cm³/mol. The van der Waals surface area contributed by atoms with Crippen LogP contribution >= 0.6 is 0 Å². The maximum Gasteiger partial charge on any atom is 0.161 e. The van der Waals surface area contributed by atoms with Crippen molar-refractivity contribution in [1.29, 1.82) is 0 Å². The van der Waals surface area contributed by atoms with Gasteiger partial charge in [-0.25, -0.2) is 0 Å². The van der Waals surface area contributed by atoms with Crippen LogP contribution in [0.2, 0.25) is 0 Å². The van der Waals surface area contributed by atoms with Gasteiger partial charge >= 0.3 is 0 Å². The summed E-state index contributed by atoms with van der Waals surface area (Å²) in [5.41, 5.74) is 0.984. The highest BCUT2D eigenvalue weighted by Gasteiger charge is 2.20. The smallest absolute Gasteiger partial charge is 0.161 e. The average molecular weight is 208 g/mol. The second-order valence-electron chi connectivity index (χ2n) is 3.78. The van der Waals surface area contributed by atoms with Gasteiger partial charge in [-0.2, -0.15) is 0 Å². The second kappa shape index (κ2) is 4.53. The topological polar surface area (TPSA) is 38.7 Å². The lowest BCUT2D eigenvalue weighted by Crippen LogP contribution is -2.14. The Labute approximate surface area is 89.6 Å². The van der Waals surface area contributed by atoms with Crippen molar-refractivity contribution in [3.8, 4) is 11.5 Å². The lowest BCUT2D eigenvalue weighted by Gasteiger charge is -2.23. The third-order valence-electron chi connectivity index (χ3n) is 2.91. The largest absolute Gasteiger partial charge is 0.504 e. The average Bonchev–Trinajstić information content (AvgIpc) is 2.30. The summed E-state index contributed by atoms with van der Waals surface area (Å²) in [6.07, 6.45) is 1.95. The molecule has 15 heavy (non-hydrogen) atoms. The molecule has 0 saturated carbocycles. The van der Waals surface area contributed by atoms with Gasteiger partial charge in [-0.1, -0.05) is 12.1 Å².